The number of methoxy groups -OCH3 is 2. The molecule has 0 aliphatic carbocycles. The third-order valence-corrected chi connectivity index (χ3v) is 2.50. The van der Waals surface area contributed by atoms with E-state index >= 15 is 0 Å². The zero-order valence-electron chi connectivity index (χ0n) is 10.0. The van der Waals surface area contributed by atoms with Gasteiger partial charge in [0.05, 0.1) is 14.2 Å². The predicted octanol–water partition coefficient (Wildman–Crippen LogP) is 0.854. The van der Waals surface area contributed by atoms with Gasteiger partial charge in [-0.3, -0.25) is 0 Å². The van der Waals surface area contributed by atoms with Crippen LogP contribution in [0.2, 0.25) is 0 Å². The van der Waals surface area contributed by atoms with E-state index in [1.807, 2.05) is 0 Å². The van der Waals surface area contributed by atoms with E-state index in [0.717, 1.165) is 0 Å². The van der Waals surface area contributed by atoms with E-state index in [1.54, 1.807) is 18.2 Å². The van der Waals surface area contributed by atoms with Gasteiger partial charge < -0.3 is 24.6 Å². The Balaban J connectivity index is 2.42. The third kappa shape index (κ3) is 2.17. The first-order valence-electron chi connectivity index (χ1n) is 5.23. The molecule has 2 N–H and O–H groups in total. The van der Waals surface area contributed by atoms with Crippen molar-refractivity contribution in [3.8, 4) is 17.2 Å². The first-order valence-corrected chi connectivity index (χ1v) is 5.23. The number of hydrogen-bond acceptors (Lipinski definition) is 6. The van der Waals surface area contributed by atoms with Crippen LogP contribution in [0, 0.1) is 0 Å². The summed E-state index contributed by atoms with van der Waals surface area (Å²) in [5, 5.41) is 12.5. The quantitative estimate of drug-likeness (QED) is 0.612. The van der Waals surface area contributed by atoms with Gasteiger partial charge in [0.2, 0.25) is 5.75 Å². The van der Waals surface area contributed by atoms with E-state index in [4.69, 9.17) is 14.2 Å². The van der Waals surface area contributed by atoms with Crippen LogP contribution >= 0.6 is 0 Å². The van der Waals surface area contributed by atoms with Gasteiger partial charge >= 0.3 is 5.97 Å². The van der Waals surface area contributed by atoms with Crippen molar-refractivity contribution in [2.24, 2.45) is 0 Å². The second-order valence-corrected chi connectivity index (χ2v) is 3.58. The molecule has 0 spiro atoms. The molecule has 0 unspecified atom stereocenters. The Labute approximate surface area is 104 Å². The molecule has 0 bridgehead atoms. The van der Waals surface area contributed by atoms with Crippen LogP contribution in [0.1, 0.15) is 5.56 Å². The van der Waals surface area contributed by atoms with Crippen molar-refractivity contribution in [1.82, 2.24) is 5.32 Å². The lowest BCUT2D eigenvalue weighted by molar-refractivity contribution is -0.135. The molecule has 1 saturated heterocycles. The molecular formula is C12H13NO5. The van der Waals surface area contributed by atoms with Crippen molar-refractivity contribution in [2.45, 2.75) is 0 Å². The van der Waals surface area contributed by atoms with Gasteiger partial charge in [0, 0.05) is 0 Å². The van der Waals surface area contributed by atoms with Gasteiger partial charge in [-0.1, -0.05) is 0 Å². The van der Waals surface area contributed by atoms with Gasteiger partial charge in [0.25, 0.3) is 0 Å². The SMILES string of the molecule is COc1cc(C=C2NCOC2=O)cc(OC)c1O. The monoisotopic (exact) mass is 251 g/mol. The summed E-state index contributed by atoms with van der Waals surface area (Å²) in [7, 11) is 2.88. The van der Waals surface area contributed by atoms with Crippen molar-refractivity contribution in [2.75, 3.05) is 21.0 Å². The average Bonchev–Trinajstić information content (AvgIpc) is 2.77. The minimum Gasteiger partial charge on any atom is -0.502 e. The van der Waals surface area contributed by atoms with Gasteiger partial charge in [0.15, 0.2) is 18.2 Å². The predicted molar refractivity (Wildman–Crippen MR) is 63.3 cm³/mol. The van der Waals surface area contributed by atoms with Crippen LogP contribution in [0.3, 0.4) is 0 Å². The van der Waals surface area contributed by atoms with Gasteiger partial charge in [0.1, 0.15) is 5.70 Å². The fourth-order valence-electron chi connectivity index (χ4n) is 1.60. The molecule has 0 aromatic heterocycles. The van der Waals surface area contributed by atoms with Gasteiger partial charge in [-0.05, 0) is 23.8 Å². The molecular weight excluding hydrogens is 238 g/mol. The third-order valence-electron chi connectivity index (χ3n) is 2.50. The van der Waals surface area contributed by atoms with Crippen LogP contribution in [-0.2, 0) is 9.53 Å². The Kier molecular flexibility index (Phi) is 3.27. The zero-order chi connectivity index (χ0) is 13.1. The van der Waals surface area contributed by atoms with Crippen LogP contribution in [-0.4, -0.2) is 32.0 Å². The summed E-state index contributed by atoms with van der Waals surface area (Å²) in [4.78, 5) is 11.3. The molecule has 18 heavy (non-hydrogen) atoms. The zero-order valence-corrected chi connectivity index (χ0v) is 10.0. The Morgan fingerprint density at radius 1 is 1.33 bits per heavy atom. The van der Waals surface area contributed by atoms with E-state index in [2.05, 4.69) is 5.32 Å². The summed E-state index contributed by atoms with van der Waals surface area (Å²) in [6.07, 6.45) is 1.60. The number of carbonyl (C=O) groups is 1. The molecule has 1 aromatic carbocycles. The van der Waals surface area contributed by atoms with Crippen molar-refractivity contribution in [3.05, 3.63) is 23.4 Å². The van der Waals surface area contributed by atoms with E-state index in [-0.39, 0.29) is 24.0 Å². The Morgan fingerprint density at radius 2 is 1.94 bits per heavy atom. The highest BCUT2D eigenvalue weighted by atomic mass is 16.6. The van der Waals surface area contributed by atoms with Crippen LogP contribution in [0.4, 0.5) is 0 Å². The normalized spacial score (nSPS) is 16.3. The van der Waals surface area contributed by atoms with Crippen molar-refractivity contribution in [1.29, 1.82) is 0 Å². The summed E-state index contributed by atoms with van der Waals surface area (Å²) in [6, 6.07) is 3.19. The first-order chi connectivity index (χ1) is 8.65. The minimum atomic E-state index is -0.416. The maximum Gasteiger partial charge on any atom is 0.356 e. The molecule has 96 valence electrons. The van der Waals surface area contributed by atoms with Crippen LogP contribution < -0.4 is 14.8 Å². The molecule has 6 nitrogen and oxygen atoms in total. The molecule has 1 aromatic rings. The number of cyclic esters (lactones) is 1. The van der Waals surface area contributed by atoms with Crippen molar-refractivity contribution in [3.63, 3.8) is 0 Å². The summed E-state index contributed by atoms with van der Waals surface area (Å²) in [5.41, 5.74) is 1.01. The molecule has 1 aliphatic rings. The number of carbonyl (C=O) groups excluding carboxylic acids is 1. The second-order valence-electron chi connectivity index (χ2n) is 3.58. The number of rotatable bonds is 3. The summed E-state index contributed by atoms with van der Waals surface area (Å²) < 4.78 is 14.8. The molecule has 6 heteroatoms. The molecule has 0 radical (unpaired) electrons. The number of phenols is 1. The summed E-state index contributed by atoms with van der Waals surface area (Å²) >= 11 is 0. The number of aromatic hydroxyl groups is 1. The Bertz CT molecular complexity index is 484. The largest absolute Gasteiger partial charge is 0.502 e. The maximum atomic E-state index is 11.3. The highest BCUT2D eigenvalue weighted by Gasteiger charge is 2.18. The molecule has 0 amide bonds. The summed E-state index contributed by atoms with van der Waals surface area (Å²) in [5.74, 6) is 0.0465. The standard InChI is InChI=1S/C12H13NO5/c1-16-9-4-7(5-10(17-2)11(9)14)3-8-12(15)18-6-13-8/h3-5,13-14H,6H2,1-2H3. The number of benzene rings is 1. The number of nitrogens with one attached hydrogen (secondary N) is 1. The second kappa shape index (κ2) is 4.87. The molecule has 2 rings (SSSR count). The van der Waals surface area contributed by atoms with Gasteiger partial charge in [-0.25, -0.2) is 4.79 Å². The Hall–Kier alpha value is -2.37. The number of hydrogen-bond donors (Lipinski definition) is 2. The van der Waals surface area contributed by atoms with Crippen molar-refractivity contribution >= 4 is 12.0 Å². The van der Waals surface area contributed by atoms with Gasteiger partial charge in [-0.15, -0.1) is 0 Å². The van der Waals surface area contributed by atoms with Crippen LogP contribution in [0.25, 0.3) is 6.08 Å². The highest BCUT2D eigenvalue weighted by molar-refractivity contribution is 5.94. The number of ether oxygens (including phenoxy) is 3. The minimum absolute atomic E-state index is 0.0795. The molecule has 1 fully saturated rings. The fourth-order valence-corrected chi connectivity index (χ4v) is 1.60. The summed E-state index contributed by atoms with van der Waals surface area (Å²) in [6.45, 7) is 0.164. The maximum absolute atomic E-state index is 11.3. The Morgan fingerprint density at radius 3 is 2.39 bits per heavy atom. The van der Waals surface area contributed by atoms with E-state index in [9.17, 15) is 9.90 Å². The first kappa shape index (κ1) is 12.1. The van der Waals surface area contributed by atoms with Gasteiger partial charge in [-0.2, -0.15) is 0 Å². The van der Waals surface area contributed by atoms with E-state index in [1.165, 1.54) is 14.2 Å². The number of esters is 1. The lowest BCUT2D eigenvalue weighted by Gasteiger charge is -2.09. The van der Waals surface area contributed by atoms with E-state index < -0.39 is 5.97 Å². The number of phenolic OH excluding ortho intramolecular Hbond substituents is 1. The lowest BCUT2D eigenvalue weighted by atomic mass is 10.1. The highest BCUT2D eigenvalue weighted by Crippen LogP contribution is 2.37. The average molecular weight is 251 g/mol. The molecule has 0 saturated carbocycles. The lowest BCUT2D eigenvalue weighted by Crippen LogP contribution is -2.06. The molecule has 1 aliphatic heterocycles. The van der Waals surface area contributed by atoms with Crippen LogP contribution in [0.5, 0.6) is 17.2 Å². The fraction of sp³-hybridized carbons (Fsp3) is 0.250. The molecule has 0 atom stereocenters. The van der Waals surface area contributed by atoms with Crippen LogP contribution in [0.15, 0.2) is 17.8 Å². The molecule has 1 heterocycles. The van der Waals surface area contributed by atoms with E-state index in [0.29, 0.717) is 11.3 Å². The smallest absolute Gasteiger partial charge is 0.356 e. The van der Waals surface area contributed by atoms with Crippen molar-refractivity contribution < 1.29 is 24.1 Å². The topological polar surface area (TPSA) is 77.0 Å².